The van der Waals surface area contributed by atoms with Crippen LogP contribution in [0.15, 0.2) is 0 Å². The summed E-state index contributed by atoms with van der Waals surface area (Å²) < 4.78 is 4.32. The predicted octanol–water partition coefficient (Wildman–Crippen LogP) is 3.48. The molecule has 5 heteroatoms. The van der Waals surface area contributed by atoms with E-state index < -0.39 is 0 Å². The summed E-state index contributed by atoms with van der Waals surface area (Å²) in [7, 11) is 0. The van der Waals surface area contributed by atoms with Crippen LogP contribution in [0.5, 0.6) is 0 Å². The van der Waals surface area contributed by atoms with Crippen molar-refractivity contribution in [3.63, 3.8) is 0 Å². The van der Waals surface area contributed by atoms with Gasteiger partial charge in [0.25, 0.3) is 0 Å². The average Bonchev–Trinajstić information content (AvgIpc) is 2.84. The molecule has 1 heterocycles. The van der Waals surface area contributed by atoms with Crippen LogP contribution in [0.3, 0.4) is 0 Å². The first kappa shape index (κ1) is 12.1. The molecule has 1 saturated carbocycles. The van der Waals surface area contributed by atoms with E-state index in [2.05, 4.69) is 28.5 Å². The zero-order valence-corrected chi connectivity index (χ0v) is 11.4. The maximum atomic E-state index is 5.80. The van der Waals surface area contributed by atoms with Crippen molar-refractivity contribution in [2.75, 3.05) is 17.7 Å². The van der Waals surface area contributed by atoms with E-state index in [4.69, 9.17) is 11.6 Å². The molecule has 0 aliphatic heterocycles. The number of halogens is 1. The fourth-order valence-electron chi connectivity index (χ4n) is 1.70. The largest absolute Gasteiger partial charge is 0.360 e. The molecule has 16 heavy (non-hydrogen) atoms. The molecule has 0 atom stereocenters. The molecule has 0 amide bonds. The van der Waals surface area contributed by atoms with E-state index in [1.807, 2.05) is 0 Å². The van der Waals surface area contributed by atoms with Gasteiger partial charge in [-0.3, -0.25) is 0 Å². The highest BCUT2D eigenvalue weighted by Gasteiger charge is 2.41. The van der Waals surface area contributed by atoms with Gasteiger partial charge in [0.1, 0.15) is 5.82 Å². The first-order chi connectivity index (χ1) is 7.65. The maximum Gasteiger partial charge on any atom is 0.202 e. The summed E-state index contributed by atoms with van der Waals surface area (Å²) in [4.78, 5) is 4.46. The number of nitrogens with zero attached hydrogens (tertiary/aromatic N) is 2. The Morgan fingerprint density at radius 1 is 1.50 bits per heavy atom. The third-order valence-electron chi connectivity index (χ3n) is 3.15. The van der Waals surface area contributed by atoms with Crippen LogP contribution in [-0.4, -0.2) is 21.8 Å². The van der Waals surface area contributed by atoms with Crippen molar-refractivity contribution in [1.82, 2.24) is 9.36 Å². The quantitative estimate of drug-likeness (QED) is 0.795. The standard InChI is InChI=1S/C11H18ClN3S/c1-8(2)9-14-10(16-15-9)13-7-11(3-4-11)5-6-12/h8H,3-7H2,1-2H3,(H,13,14,15). The minimum atomic E-state index is 0.407. The van der Waals surface area contributed by atoms with Gasteiger partial charge in [0.15, 0.2) is 0 Å². The zero-order valence-electron chi connectivity index (χ0n) is 9.79. The van der Waals surface area contributed by atoms with E-state index >= 15 is 0 Å². The van der Waals surface area contributed by atoms with Crippen LogP contribution < -0.4 is 5.32 Å². The Balaban J connectivity index is 1.85. The van der Waals surface area contributed by atoms with Gasteiger partial charge in [0.05, 0.1) is 0 Å². The number of aromatic nitrogens is 2. The fourth-order valence-corrected chi connectivity index (χ4v) is 2.80. The van der Waals surface area contributed by atoms with E-state index in [1.54, 1.807) is 0 Å². The summed E-state index contributed by atoms with van der Waals surface area (Å²) in [5.74, 6) is 2.11. The lowest BCUT2D eigenvalue weighted by atomic mass is 10.0. The van der Waals surface area contributed by atoms with Gasteiger partial charge in [-0.2, -0.15) is 4.37 Å². The van der Waals surface area contributed by atoms with Crippen molar-refractivity contribution in [1.29, 1.82) is 0 Å². The van der Waals surface area contributed by atoms with Crippen LogP contribution in [0, 0.1) is 5.41 Å². The lowest BCUT2D eigenvalue weighted by molar-refractivity contribution is 0.524. The van der Waals surface area contributed by atoms with Crippen LogP contribution in [0.1, 0.15) is 44.9 Å². The molecular formula is C11H18ClN3S. The van der Waals surface area contributed by atoms with Gasteiger partial charge in [-0.05, 0) is 24.7 Å². The minimum absolute atomic E-state index is 0.407. The summed E-state index contributed by atoms with van der Waals surface area (Å²) in [6, 6.07) is 0. The van der Waals surface area contributed by atoms with Crippen molar-refractivity contribution >= 4 is 28.3 Å². The van der Waals surface area contributed by atoms with Crippen LogP contribution in [-0.2, 0) is 0 Å². The molecule has 90 valence electrons. The Bertz CT molecular complexity index is 347. The molecule has 3 nitrogen and oxygen atoms in total. The molecule has 1 aliphatic rings. The second-order valence-electron chi connectivity index (χ2n) is 4.90. The normalized spacial score (nSPS) is 17.8. The molecule has 2 rings (SSSR count). The lowest BCUT2D eigenvalue weighted by Crippen LogP contribution is -2.15. The number of hydrogen-bond acceptors (Lipinski definition) is 4. The van der Waals surface area contributed by atoms with E-state index in [9.17, 15) is 0 Å². The molecular weight excluding hydrogens is 242 g/mol. The molecule has 0 bridgehead atoms. The minimum Gasteiger partial charge on any atom is -0.360 e. The molecule has 0 radical (unpaired) electrons. The van der Waals surface area contributed by atoms with E-state index in [0.717, 1.165) is 29.8 Å². The van der Waals surface area contributed by atoms with Crippen LogP contribution in [0.25, 0.3) is 0 Å². The predicted molar refractivity (Wildman–Crippen MR) is 69.5 cm³/mol. The first-order valence-electron chi connectivity index (χ1n) is 5.79. The Kier molecular flexibility index (Phi) is 3.70. The number of rotatable bonds is 6. The van der Waals surface area contributed by atoms with Crippen LogP contribution in [0.2, 0.25) is 0 Å². The van der Waals surface area contributed by atoms with Gasteiger partial charge < -0.3 is 5.32 Å². The first-order valence-corrected chi connectivity index (χ1v) is 7.09. The second kappa shape index (κ2) is 4.88. The van der Waals surface area contributed by atoms with Gasteiger partial charge in [0, 0.05) is 29.9 Å². The smallest absolute Gasteiger partial charge is 0.202 e. The van der Waals surface area contributed by atoms with Crippen molar-refractivity contribution in [2.45, 2.75) is 39.0 Å². The molecule has 1 aromatic rings. The Morgan fingerprint density at radius 2 is 2.25 bits per heavy atom. The second-order valence-corrected chi connectivity index (χ2v) is 6.03. The highest BCUT2D eigenvalue weighted by atomic mass is 35.5. The highest BCUT2D eigenvalue weighted by molar-refractivity contribution is 7.09. The topological polar surface area (TPSA) is 37.8 Å². The molecule has 1 aromatic heterocycles. The summed E-state index contributed by atoms with van der Waals surface area (Å²) in [6.45, 7) is 5.22. The van der Waals surface area contributed by atoms with Gasteiger partial charge in [-0.25, -0.2) is 4.98 Å². The van der Waals surface area contributed by atoms with Gasteiger partial charge >= 0.3 is 0 Å². The van der Waals surface area contributed by atoms with E-state index in [1.165, 1.54) is 24.4 Å². The van der Waals surface area contributed by atoms with Gasteiger partial charge in [-0.1, -0.05) is 13.8 Å². The summed E-state index contributed by atoms with van der Waals surface area (Å²) in [5, 5.41) is 4.34. The number of anilines is 1. The molecule has 1 fully saturated rings. The third kappa shape index (κ3) is 2.86. The number of alkyl halides is 1. The monoisotopic (exact) mass is 259 g/mol. The summed E-state index contributed by atoms with van der Waals surface area (Å²) in [5.41, 5.74) is 0.450. The van der Waals surface area contributed by atoms with Crippen molar-refractivity contribution in [3.05, 3.63) is 5.82 Å². The van der Waals surface area contributed by atoms with Crippen molar-refractivity contribution in [2.24, 2.45) is 5.41 Å². The molecule has 0 spiro atoms. The number of nitrogens with one attached hydrogen (secondary N) is 1. The van der Waals surface area contributed by atoms with E-state index in [-0.39, 0.29) is 0 Å². The summed E-state index contributed by atoms with van der Waals surface area (Å²) >= 11 is 7.26. The molecule has 0 aromatic carbocycles. The van der Waals surface area contributed by atoms with Crippen LogP contribution in [0.4, 0.5) is 5.13 Å². The Hall–Kier alpha value is -0.350. The lowest BCUT2D eigenvalue weighted by Gasteiger charge is -2.13. The number of hydrogen-bond donors (Lipinski definition) is 1. The average molecular weight is 260 g/mol. The Labute approximate surface area is 106 Å². The molecule has 0 saturated heterocycles. The van der Waals surface area contributed by atoms with Crippen molar-refractivity contribution < 1.29 is 0 Å². The SMILES string of the molecule is CC(C)c1nsc(NCC2(CCCl)CC2)n1. The van der Waals surface area contributed by atoms with E-state index in [0.29, 0.717) is 11.3 Å². The third-order valence-corrected chi connectivity index (χ3v) is 4.03. The highest BCUT2D eigenvalue weighted by Crippen LogP contribution is 2.48. The summed E-state index contributed by atoms with van der Waals surface area (Å²) in [6.07, 6.45) is 3.70. The van der Waals surface area contributed by atoms with Crippen molar-refractivity contribution in [3.8, 4) is 0 Å². The fraction of sp³-hybridized carbons (Fsp3) is 0.818. The van der Waals surface area contributed by atoms with Gasteiger partial charge in [0.2, 0.25) is 5.13 Å². The maximum absolute atomic E-state index is 5.80. The zero-order chi connectivity index (χ0) is 11.6. The van der Waals surface area contributed by atoms with Crippen LogP contribution >= 0.6 is 23.1 Å². The molecule has 1 aliphatic carbocycles. The van der Waals surface area contributed by atoms with Gasteiger partial charge in [-0.15, -0.1) is 11.6 Å². The Morgan fingerprint density at radius 3 is 2.75 bits per heavy atom. The molecule has 1 N–H and O–H groups in total. The molecule has 0 unspecified atom stereocenters.